The van der Waals surface area contributed by atoms with E-state index in [0.717, 1.165) is 24.8 Å². The first-order chi connectivity index (χ1) is 12.1. The second kappa shape index (κ2) is 7.51. The van der Waals surface area contributed by atoms with Crippen LogP contribution in [0.2, 0.25) is 0 Å². The van der Waals surface area contributed by atoms with E-state index in [-0.39, 0.29) is 5.91 Å². The van der Waals surface area contributed by atoms with Gasteiger partial charge in [-0.25, -0.2) is 9.78 Å². The lowest BCUT2D eigenvalue weighted by atomic mass is 9.88. The number of carbonyl (C=O) groups is 2. The maximum Gasteiger partial charge on any atom is 0.335 e. The van der Waals surface area contributed by atoms with Crippen LogP contribution in [0.5, 0.6) is 0 Å². The SMILES string of the molecule is CCc1ocnc1C(=O)N1CCC(Cc2ccccc2C(=O)O)CC1. The van der Waals surface area contributed by atoms with Gasteiger partial charge >= 0.3 is 5.97 Å². The number of oxazole rings is 1. The number of nitrogens with zero attached hydrogens (tertiary/aromatic N) is 2. The summed E-state index contributed by atoms with van der Waals surface area (Å²) in [5, 5.41) is 9.30. The normalized spacial score (nSPS) is 15.3. The third kappa shape index (κ3) is 3.73. The summed E-state index contributed by atoms with van der Waals surface area (Å²) in [5.74, 6) is 0.0475. The van der Waals surface area contributed by atoms with E-state index in [0.29, 0.717) is 42.4 Å². The number of benzene rings is 1. The minimum atomic E-state index is -0.888. The van der Waals surface area contributed by atoms with Crippen molar-refractivity contribution < 1.29 is 19.1 Å². The fraction of sp³-hybridized carbons (Fsp3) is 0.421. The fourth-order valence-electron chi connectivity index (χ4n) is 3.40. The Morgan fingerprint density at radius 1 is 1.28 bits per heavy atom. The topological polar surface area (TPSA) is 83.6 Å². The van der Waals surface area contributed by atoms with Gasteiger partial charge < -0.3 is 14.4 Å². The van der Waals surface area contributed by atoms with Crippen LogP contribution in [0.4, 0.5) is 0 Å². The van der Waals surface area contributed by atoms with Crippen molar-refractivity contribution in [3.8, 4) is 0 Å². The van der Waals surface area contributed by atoms with Crippen LogP contribution in [0.15, 0.2) is 35.1 Å². The minimum absolute atomic E-state index is 0.0741. The number of amides is 1. The summed E-state index contributed by atoms with van der Waals surface area (Å²) in [4.78, 5) is 29.8. The first kappa shape index (κ1) is 17.2. The molecule has 0 atom stereocenters. The summed E-state index contributed by atoms with van der Waals surface area (Å²) >= 11 is 0. The summed E-state index contributed by atoms with van der Waals surface area (Å²) in [6.45, 7) is 3.26. The molecule has 0 radical (unpaired) electrons. The van der Waals surface area contributed by atoms with Crippen molar-refractivity contribution in [1.82, 2.24) is 9.88 Å². The van der Waals surface area contributed by atoms with E-state index >= 15 is 0 Å². The molecule has 1 fully saturated rings. The smallest absolute Gasteiger partial charge is 0.335 e. The van der Waals surface area contributed by atoms with E-state index in [1.54, 1.807) is 12.1 Å². The number of hydrogen-bond acceptors (Lipinski definition) is 4. The molecule has 0 saturated carbocycles. The van der Waals surface area contributed by atoms with Crippen LogP contribution in [-0.2, 0) is 12.8 Å². The summed E-state index contributed by atoms with van der Waals surface area (Å²) < 4.78 is 5.25. The summed E-state index contributed by atoms with van der Waals surface area (Å²) in [6, 6.07) is 7.14. The van der Waals surface area contributed by atoms with E-state index in [2.05, 4.69) is 4.98 Å². The zero-order valence-electron chi connectivity index (χ0n) is 14.3. The molecule has 0 spiro atoms. The highest BCUT2D eigenvalue weighted by atomic mass is 16.4. The second-order valence-electron chi connectivity index (χ2n) is 6.38. The average Bonchev–Trinajstić information content (AvgIpc) is 3.11. The largest absolute Gasteiger partial charge is 0.478 e. The van der Waals surface area contributed by atoms with Gasteiger partial charge in [-0.3, -0.25) is 4.79 Å². The average molecular weight is 342 g/mol. The Balaban J connectivity index is 1.61. The number of hydrogen-bond donors (Lipinski definition) is 1. The predicted octanol–water partition coefficient (Wildman–Crippen LogP) is 3.03. The number of piperidine rings is 1. The molecule has 1 N–H and O–H groups in total. The monoisotopic (exact) mass is 342 g/mol. The fourth-order valence-corrected chi connectivity index (χ4v) is 3.40. The Labute approximate surface area is 146 Å². The first-order valence-electron chi connectivity index (χ1n) is 8.63. The molecule has 1 saturated heterocycles. The van der Waals surface area contributed by atoms with Gasteiger partial charge in [0.05, 0.1) is 5.56 Å². The molecule has 2 heterocycles. The Morgan fingerprint density at radius 3 is 2.68 bits per heavy atom. The molecule has 1 aliphatic heterocycles. The van der Waals surface area contributed by atoms with Crippen LogP contribution < -0.4 is 0 Å². The van der Waals surface area contributed by atoms with E-state index in [1.165, 1.54) is 6.39 Å². The number of likely N-dealkylation sites (tertiary alicyclic amines) is 1. The molecule has 0 bridgehead atoms. The highest BCUT2D eigenvalue weighted by molar-refractivity contribution is 5.93. The summed E-state index contributed by atoms with van der Waals surface area (Å²) in [7, 11) is 0. The van der Waals surface area contributed by atoms with Crippen LogP contribution in [0.1, 0.15) is 51.9 Å². The predicted molar refractivity (Wildman–Crippen MR) is 91.6 cm³/mol. The Hall–Kier alpha value is -2.63. The van der Waals surface area contributed by atoms with Gasteiger partial charge in [0.1, 0.15) is 5.76 Å². The molecule has 1 aliphatic rings. The Bertz CT molecular complexity index is 760. The van der Waals surface area contributed by atoms with Gasteiger partial charge in [0.15, 0.2) is 12.1 Å². The van der Waals surface area contributed by atoms with E-state index < -0.39 is 5.97 Å². The molecule has 25 heavy (non-hydrogen) atoms. The van der Waals surface area contributed by atoms with Gasteiger partial charge in [-0.1, -0.05) is 25.1 Å². The van der Waals surface area contributed by atoms with Gasteiger partial charge in [-0.2, -0.15) is 0 Å². The van der Waals surface area contributed by atoms with Crippen molar-refractivity contribution in [3.63, 3.8) is 0 Å². The van der Waals surface area contributed by atoms with Crippen molar-refractivity contribution >= 4 is 11.9 Å². The molecule has 6 nitrogen and oxygen atoms in total. The maximum atomic E-state index is 12.6. The molecule has 6 heteroatoms. The number of aromatic nitrogens is 1. The zero-order valence-corrected chi connectivity index (χ0v) is 14.3. The van der Waals surface area contributed by atoms with Crippen LogP contribution in [0.3, 0.4) is 0 Å². The number of aryl methyl sites for hydroxylation is 1. The second-order valence-corrected chi connectivity index (χ2v) is 6.38. The lowest BCUT2D eigenvalue weighted by Gasteiger charge is -2.32. The summed E-state index contributed by atoms with van der Waals surface area (Å²) in [5.41, 5.74) is 1.65. The van der Waals surface area contributed by atoms with Crippen LogP contribution >= 0.6 is 0 Å². The molecule has 3 rings (SSSR count). The summed E-state index contributed by atoms with van der Waals surface area (Å²) in [6.07, 6.45) is 4.41. The minimum Gasteiger partial charge on any atom is -0.478 e. The van der Waals surface area contributed by atoms with Gasteiger partial charge in [-0.05, 0) is 36.8 Å². The third-order valence-corrected chi connectivity index (χ3v) is 4.82. The standard InChI is InChI=1S/C19H22N2O4/c1-2-16-17(20-12-25-16)18(22)21-9-7-13(8-10-21)11-14-5-3-4-6-15(14)19(23)24/h3-6,12-13H,2,7-11H2,1H3,(H,23,24). The molecule has 1 amide bonds. The molecule has 0 unspecified atom stereocenters. The number of aromatic carboxylic acids is 1. The number of carbonyl (C=O) groups excluding carboxylic acids is 1. The third-order valence-electron chi connectivity index (χ3n) is 4.82. The van der Waals surface area contributed by atoms with E-state index in [1.807, 2.05) is 24.0 Å². The lowest BCUT2D eigenvalue weighted by Crippen LogP contribution is -2.39. The quantitative estimate of drug-likeness (QED) is 0.903. The van der Waals surface area contributed by atoms with Crippen molar-refractivity contribution in [3.05, 3.63) is 53.2 Å². The van der Waals surface area contributed by atoms with Crippen molar-refractivity contribution in [2.45, 2.75) is 32.6 Å². The highest BCUT2D eigenvalue weighted by Crippen LogP contribution is 2.25. The van der Waals surface area contributed by atoms with Crippen molar-refractivity contribution in [2.24, 2.45) is 5.92 Å². The van der Waals surface area contributed by atoms with Gasteiger partial charge in [0.2, 0.25) is 0 Å². The molecular weight excluding hydrogens is 320 g/mol. The molecule has 132 valence electrons. The molecule has 0 aliphatic carbocycles. The van der Waals surface area contributed by atoms with Crippen LogP contribution in [0.25, 0.3) is 0 Å². The van der Waals surface area contributed by atoms with Gasteiger partial charge in [0, 0.05) is 19.5 Å². The molecular formula is C19H22N2O4. The van der Waals surface area contributed by atoms with Crippen molar-refractivity contribution in [2.75, 3.05) is 13.1 Å². The molecule has 1 aromatic carbocycles. The van der Waals surface area contributed by atoms with E-state index in [4.69, 9.17) is 4.42 Å². The van der Waals surface area contributed by atoms with E-state index in [9.17, 15) is 14.7 Å². The molecule has 1 aromatic heterocycles. The molecule has 2 aromatic rings. The Kier molecular flexibility index (Phi) is 5.16. The first-order valence-corrected chi connectivity index (χ1v) is 8.63. The van der Waals surface area contributed by atoms with Crippen LogP contribution in [-0.4, -0.2) is 40.0 Å². The zero-order chi connectivity index (χ0) is 17.8. The number of carboxylic acids is 1. The number of carboxylic acid groups (broad SMARTS) is 1. The van der Waals surface area contributed by atoms with Crippen LogP contribution in [0, 0.1) is 5.92 Å². The highest BCUT2D eigenvalue weighted by Gasteiger charge is 2.27. The van der Waals surface area contributed by atoms with Gasteiger partial charge in [0.25, 0.3) is 5.91 Å². The van der Waals surface area contributed by atoms with Gasteiger partial charge in [-0.15, -0.1) is 0 Å². The number of rotatable bonds is 5. The lowest BCUT2D eigenvalue weighted by molar-refractivity contribution is 0.0683. The maximum absolute atomic E-state index is 12.6. The van der Waals surface area contributed by atoms with Crippen molar-refractivity contribution in [1.29, 1.82) is 0 Å². The Morgan fingerprint density at radius 2 is 2.00 bits per heavy atom.